The van der Waals surface area contributed by atoms with Gasteiger partial charge < -0.3 is 24.2 Å². The predicted molar refractivity (Wildman–Crippen MR) is 126 cm³/mol. The quantitative estimate of drug-likeness (QED) is 0.567. The smallest absolute Gasteiger partial charge is 0.410 e. The molecule has 35 heavy (non-hydrogen) atoms. The molecule has 3 aromatic rings. The summed E-state index contributed by atoms with van der Waals surface area (Å²) in [6, 6.07) is 11.4. The van der Waals surface area contributed by atoms with E-state index in [4.69, 9.17) is 19.3 Å². The fourth-order valence-corrected chi connectivity index (χ4v) is 4.46. The molecule has 0 atom stereocenters. The molecular formula is C25H26N6O4. The zero-order valence-corrected chi connectivity index (χ0v) is 19.8. The van der Waals surface area contributed by atoms with Gasteiger partial charge in [-0.25, -0.2) is 14.8 Å². The fourth-order valence-electron chi connectivity index (χ4n) is 4.46. The first-order valence-corrected chi connectivity index (χ1v) is 11.4. The SMILES string of the molecule is CC(C)(C)OC(=O)N1CC2(CC(Oc3ccccc3-c3cc(Nc4cnc(C#N)cn4)no3)C2)C1. The number of carbonyl (C=O) groups excluding carboxylic acids is 1. The number of carbonyl (C=O) groups is 1. The number of nitrogens with one attached hydrogen (secondary N) is 1. The van der Waals surface area contributed by atoms with Crippen LogP contribution in [0.4, 0.5) is 16.4 Å². The van der Waals surface area contributed by atoms with Crippen molar-refractivity contribution in [2.45, 2.75) is 45.3 Å². The average Bonchev–Trinajstić information content (AvgIpc) is 3.22. The number of benzene rings is 1. The molecule has 1 aliphatic heterocycles. The minimum atomic E-state index is -0.486. The maximum atomic E-state index is 12.2. The molecule has 0 bridgehead atoms. The lowest BCUT2D eigenvalue weighted by molar-refractivity contribution is -0.116. The minimum absolute atomic E-state index is 0.0753. The summed E-state index contributed by atoms with van der Waals surface area (Å²) in [6.45, 7) is 7.04. The van der Waals surface area contributed by atoms with Gasteiger partial charge in [0.15, 0.2) is 17.3 Å². The molecule has 1 amide bonds. The molecule has 10 heteroatoms. The Kier molecular flexibility index (Phi) is 5.55. The number of nitriles is 1. The Balaban J connectivity index is 1.18. The van der Waals surface area contributed by atoms with Crippen LogP contribution in [0.1, 0.15) is 39.3 Å². The van der Waals surface area contributed by atoms with Crippen molar-refractivity contribution in [3.63, 3.8) is 0 Å². The number of hydrogen-bond donors (Lipinski definition) is 1. The standard InChI is InChI=1S/C25H26N6O4/c1-24(2,3)34-23(32)31-14-25(15-31)9-17(10-25)33-19-7-5-4-6-18(19)20-8-21(30-35-20)29-22-13-27-16(11-26)12-28-22/h4-8,12-13,17H,9-10,14-15H2,1-3H3,(H,28,29,30). The van der Waals surface area contributed by atoms with Crippen molar-refractivity contribution in [1.82, 2.24) is 20.0 Å². The molecule has 3 heterocycles. The highest BCUT2D eigenvalue weighted by molar-refractivity contribution is 5.70. The summed E-state index contributed by atoms with van der Waals surface area (Å²) in [4.78, 5) is 22.1. The Morgan fingerprint density at radius 2 is 1.97 bits per heavy atom. The van der Waals surface area contributed by atoms with E-state index in [9.17, 15) is 4.79 Å². The van der Waals surface area contributed by atoms with Crippen molar-refractivity contribution in [2.75, 3.05) is 18.4 Å². The number of anilines is 2. The van der Waals surface area contributed by atoms with Crippen LogP contribution < -0.4 is 10.1 Å². The Bertz CT molecular complexity index is 1260. The minimum Gasteiger partial charge on any atom is -0.490 e. The number of likely N-dealkylation sites (tertiary alicyclic amines) is 1. The molecule has 5 rings (SSSR count). The van der Waals surface area contributed by atoms with Gasteiger partial charge in [0.1, 0.15) is 29.3 Å². The summed E-state index contributed by atoms with van der Waals surface area (Å²) in [5, 5.41) is 15.9. The van der Waals surface area contributed by atoms with Crippen LogP contribution in [0.3, 0.4) is 0 Å². The third-order valence-corrected chi connectivity index (χ3v) is 6.00. The Morgan fingerprint density at radius 1 is 1.20 bits per heavy atom. The van der Waals surface area contributed by atoms with Gasteiger partial charge >= 0.3 is 6.09 Å². The molecule has 2 aliphatic rings. The van der Waals surface area contributed by atoms with Crippen molar-refractivity contribution in [3.05, 3.63) is 48.4 Å². The molecule has 2 fully saturated rings. The van der Waals surface area contributed by atoms with Gasteiger partial charge in [-0.15, -0.1) is 0 Å². The molecular weight excluding hydrogens is 448 g/mol. The van der Waals surface area contributed by atoms with E-state index >= 15 is 0 Å². The Morgan fingerprint density at radius 3 is 2.66 bits per heavy atom. The van der Waals surface area contributed by atoms with Gasteiger partial charge in [0.25, 0.3) is 0 Å². The normalized spacial score (nSPS) is 16.7. The summed E-state index contributed by atoms with van der Waals surface area (Å²) < 4.78 is 17.3. The molecule has 1 aliphatic carbocycles. The summed E-state index contributed by atoms with van der Waals surface area (Å²) in [5.74, 6) is 2.19. The number of amides is 1. The van der Waals surface area contributed by atoms with Crippen LogP contribution in [0.5, 0.6) is 5.75 Å². The number of para-hydroxylation sites is 1. The Hall–Kier alpha value is -4.13. The lowest BCUT2D eigenvalue weighted by Gasteiger charge is -2.58. The highest BCUT2D eigenvalue weighted by Gasteiger charge is 2.55. The first kappa shape index (κ1) is 22.7. The van der Waals surface area contributed by atoms with Gasteiger partial charge in [0.05, 0.1) is 18.0 Å². The number of rotatable bonds is 5. The van der Waals surface area contributed by atoms with Crippen molar-refractivity contribution < 1.29 is 18.8 Å². The zero-order chi connectivity index (χ0) is 24.6. The molecule has 10 nitrogen and oxygen atoms in total. The van der Waals surface area contributed by atoms with E-state index in [0.29, 0.717) is 30.5 Å². The summed E-state index contributed by atoms with van der Waals surface area (Å²) in [5.41, 5.74) is 0.672. The van der Waals surface area contributed by atoms with E-state index in [1.807, 2.05) is 51.1 Å². The first-order valence-electron chi connectivity index (χ1n) is 11.4. The van der Waals surface area contributed by atoms with Crippen molar-refractivity contribution in [2.24, 2.45) is 5.41 Å². The summed E-state index contributed by atoms with van der Waals surface area (Å²) in [6.07, 6.45) is 4.45. The van der Waals surface area contributed by atoms with E-state index in [-0.39, 0.29) is 23.3 Å². The molecule has 0 unspecified atom stereocenters. The number of aromatic nitrogens is 3. The van der Waals surface area contributed by atoms with Gasteiger partial charge in [-0.1, -0.05) is 17.3 Å². The van der Waals surface area contributed by atoms with E-state index < -0.39 is 5.60 Å². The van der Waals surface area contributed by atoms with Crippen molar-refractivity contribution in [3.8, 4) is 23.1 Å². The maximum Gasteiger partial charge on any atom is 0.410 e. The second-order valence-corrected chi connectivity index (χ2v) is 10.1. The largest absolute Gasteiger partial charge is 0.490 e. The van der Waals surface area contributed by atoms with Crippen molar-refractivity contribution >= 4 is 17.7 Å². The van der Waals surface area contributed by atoms with Gasteiger partial charge in [0.2, 0.25) is 0 Å². The molecule has 0 radical (unpaired) electrons. The lowest BCUT2D eigenvalue weighted by Crippen LogP contribution is -2.66. The molecule has 1 saturated heterocycles. The average molecular weight is 475 g/mol. The lowest BCUT2D eigenvalue weighted by atomic mass is 9.62. The second-order valence-electron chi connectivity index (χ2n) is 10.1. The van der Waals surface area contributed by atoms with E-state index in [1.165, 1.54) is 12.4 Å². The van der Waals surface area contributed by atoms with Crippen LogP contribution in [0.15, 0.2) is 47.2 Å². The molecule has 1 aromatic carbocycles. The molecule has 1 spiro atoms. The van der Waals surface area contributed by atoms with Crippen LogP contribution in [0.25, 0.3) is 11.3 Å². The zero-order valence-electron chi connectivity index (χ0n) is 19.8. The van der Waals surface area contributed by atoms with Crippen LogP contribution >= 0.6 is 0 Å². The third kappa shape index (κ3) is 4.89. The number of nitrogens with zero attached hydrogens (tertiary/aromatic N) is 5. The molecule has 180 valence electrons. The van der Waals surface area contributed by atoms with E-state index in [2.05, 4.69) is 20.4 Å². The van der Waals surface area contributed by atoms with E-state index in [1.54, 1.807) is 11.0 Å². The molecule has 1 N–H and O–H groups in total. The number of ether oxygens (including phenoxy) is 2. The third-order valence-electron chi connectivity index (χ3n) is 6.00. The fraction of sp³-hybridized carbons (Fsp3) is 0.400. The van der Waals surface area contributed by atoms with Crippen LogP contribution in [-0.2, 0) is 4.74 Å². The highest BCUT2D eigenvalue weighted by Crippen LogP contribution is 2.50. The Labute approximate surface area is 202 Å². The van der Waals surface area contributed by atoms with Crippen LogP contribution in [-0.4, -0.2) is 50.9 Å². The van der Waals surface area contributed by atoms with Gasteiger partial charge in [-0.05, 0) is 45.7 Å². The van der Waals surface area contributed by atoms with E-state index in [0.717, 1.165) is 24.2 Å². The maximum absolute atomic E-state index is 12.2. The molecule has 2 aromatic heterocycles. The predicted octanol–water partition coefficient (Wildman–Crippen LogP) is 4.53. The van der Waals surface area contributed by atoms with Crippen LogP contribution in [0, 0.1) is 16.7 Å². The number of hydrogen-bond acceptors (Lipinski definition) is 9. The summed E-state index contributed by atoms with van der Waals surface area (Å²) in [7, 11) is 0. The second kappa shape index (κ2) is 8.58. The summed E-state index contributed by atoms with van der Waals surface area (Å²) >= 11 is 0. The van der Waals surface area contributed by atoms with Gasteiger partial charge in [-0.2, -0.15) is 5.26 Å². The van der Waals surface area contributed by atoms with Crippen LogP contribution in [0.2, 0.25) is 0 Å². The topological polar surface area (TPSA) is 126 Å². The van der Waals surface area contributed by atoms with Gasteiger partial charge in [-0.3, -0.25) is 0 Å². The molecule has 1 saturated carbocycles. The highest BCUT2D eigenvalue weighted by atomic mass is 16.6. The first-order chi connectivity index (χ1) is 16.7. The van der Waals surface area contributed by atoms with Gasteiger partial charge in [0, 0.05) is 24.6 Å². The monoisotopic (exact) mass is 474 g/mol. The van der Waals surface area contributed by atoms with Crippen molar-refractivity contribution in [1.29, 1.82) is 5.26 Å².